The third-order valence-corrected chi connectivity index (χ3v) is 3.80. The van der Waals surface area contributed by atoms with Crippen molar-refractivity contribution in [3.63, 3.8) is 0 Å². The maximum atomic E-state index is 10.1. The fourth-order valence-corrected chi connectivity index (χ4v) is 2.73. The molecule has 1 N–H and O–H groups in total. The van der Waals surface area contributed by atoms with E-state index in [2.05, 4.69) is 10.4 Å². The van der Waals surface area contributed by atoms with E-state index in [9.17, 15) is 5.11 Å². The fraction of sp³-hybridized carbons (Fsp3) is 0.364. The molecule has 1 saturated carbocycles. The Labute approximate surface area is 86.4 Å². The van der Waals surface area contributed by atoms with E-state index >= 15 is 0 Å². The summed E-state index contributed by atoms with van der Waals surface area (Å²) in [4.78, 5) is 0. The molecule has 2 nitrogen and oxygen atoms in total. The Kier molecular flexibility index (Phi) is 1.53. The van der Waals surface area contributed by atoms with Gasteiger partial charge in [0.05, 0.1) is 16.0 Å². The minimum absolute atomic E-state index is 0.549. The number of hydrogen-bond acceptors (Lipinski definition) is 3. The lowest BCUT2D eigenvalue weighted by atomic mass is 10.0. The van der Waals surface area contributed by atoms with Crippen molar-refractivity contribution in [2.75, 3.05) is 0 Å². The minimum Gasteiger partial charge on any atom is -0.385 e. The highest BCUT2D eigenvalue weighted by Crippen LogP contribution is 2.48. The van der Waals surface area contributed by atoms with Gasteiger partial charge >= 0.3 is 0 Å². The summed E-state index contributed by atoms with van der Waals surface area (Å²) >= 11 is 1.51. The quantitative estimate of drug-likeness (QED) is 0.776. The predicted molar refractivity (Wildman–Crippen MR) is 57.5 cm³/mol. The summed E-state index contributed by atoms with van der Waals surface area (Å²) in [6.07, 6.45) is 1.78. The van der Waals surface area contributed by atoms with Gasteiger partial charge in [0.1, 0.15) is 0 Å². The second-order valence-electron chi connectivity index (χ2n) is 3.98. The predicted octanol–water partition coefficient (Wildman–Crippen LogP) is 2.59. The molecule has 1 aliphatic rings. The van der Waals surface area contributed by atoms with Crippen LogP contribution >= 0.6 is 11.5 Å². The van der Waals surface area contributed by atoms with Gasteiger partial charge in [-0.05, 0) is 42.9 Å². The second-order valence-corrected chi connectivity index (χ2v) is 4.78. The summed E-state index contributed by atoms with van der Waals surface area (Å²) < 4.78 is 5.51. The van der Waals surface area contributed by atoms with Gasteiger partial charge in [-0.1, -0.05) is 12.1 Å². The lowest BCUT2D eigenvalue weighted by Crippen LogP contribution is -2.04. The summed E-state index contributed by atoms with van der Waals surface area (Å²) in [6, 6.07) is 6.09. The van der Waals surface area contributed by atoms with Crippen molar-refractivity contribution in [2.45, 2.75) is 25.4 Å². The van der Waals surface area contributed by atoms with E-state index < -0.39 is 5.60 Å². The SMILES string of the molecule is Cc1nsc2cccc(C3(O)CC3)c12. The van der Waals surface area contributed by atoms with Gasteiger partial charge in [-0.15, -0.1) is 0 Å². The fourth-order valence-electron chi connectivity index (χ4n) is 1.92. The van der Waals surface area contributed by atoms with E-state index in [1.165, 1.54) is 16.2 Å². The lowest BCUT2D eigenvalue weighted by molar-refractivity contribution is 0.153. The lowest BCUT2D eigenvalue weighted by Gasteiger charge is -2.09. The second kappa shape index (κ2) is 2.55. The minimum atomic E-state index is -0.549. The van der Waals surface area contributed by atoms with Crippen LogP contribution in [-0.4, -0.2) is 9.48 Å². The van der Waals surface area contributed by atoms with Crippen LogP contribution in [0.4, 0.5) is 0 Å². The molecule has 1 fully saturated rings. The maximum absolute atomic E-state index is 10.1. The van der Waals surface area contributed by atoms with Crippen LogP contribution < -0.4 is 0 Å². The van der Waals surface area contributed by atoms with Gasteiger partial charge in [0, 0.05) is 5.39 Å². The van der Waals surface area contributed by atoms with Crippen molar-refractivity contribution < 1.29 is 5.11 Å². The number of nitrogens with zero attached hydrogens (tertiary/aromatic N) is 1. The number of fused-ring (bicyclic) bond motifs is 1. The van der Waals surface area contributed by atoms with Crippen LogP contribution in [0, 0.1) is 6.92 Å². The van der Waals surface area contributed by atoms with Gasteiger partial charge in [-0.3, -0.25) is 0 Å². The number of hydrogen-bond donors (Lipinski definition) is 1. The van der Waals surface area contributed by atoms with Crippen LogP contribution in [0.3, 0.4) is 0 Å². The molecule has 1 aliphatic carbocycles. The Balaban J connectivity index is 2.37. The highest BCUT2D eigenvalue weighted by atomic mass is 32.1. The number of aryl methyl sites for hydroxylation is 1. The van der Waals surface area contributed by atoms with Crippen molar-refractivity contribution in [3.8, 4) is 0 Å². The molecule has 0 radical (unpaired) electrons. The molecular formula is C11H11NOS. The van der Waals surface area contributed by atoms with Gasteiger partial charge in [-0.2, -0.15) is 4.37 Å². The molecule has 0 spiro atoms. The van der Waals surface area contributed by atoms with Gasteiger partial charge in [0.25, 0.3) is 0 Å². The first kappa shape index (κ1) is 8.38. The van der Waals surface area contributed by atoms with Crippen LogP contribution in [-0.2, 0) is 5.60 Å². The number of aromatic nitrogens is 1. The van der Waals surface area contributed by atoms with E-state index in [4.69, 9.17) is 0 Å². The molecule has 0 amide bonds. The molecular weight excluding hydrogens is 194 g/mol. The molecule has 0 saturated heterocycles. The van der Waals surface area contributed by atoms with Crippen LogP contribution in [0.2, 0.25) is 0 Å². The third kappa shape index (κ3) is 1.03. The van der Waals surface area contributed by atoms with Crippen LogP contribution in [0.15, 0.2) is 18.2 Å². The van der Waals surface area contributed by atoms with Crippen molar-refractivity contribution in [1.82, 2.24) is 4.37 Å². The normalized spacial score (nSPS) is 18.7. The highest BCUT2D eigenvalue weighted by molar-refractivity contribution is 7.13. The molecule has 0 bridgehead atoms. The molecule has 14 heavy (non-hydrogen) atoms. The first-order valence-corrected chi connectivity index (χ1v) is 5.56. The average molecular weight is 205 g/mol. The van der Waals surface area contributed by atoms with Crippen LogP contribution in [0.1, 0.15) is 24.1 Å². The molecule has 1 heterocycles. The maximum Gasteiger partial charge on any atom is 0.0905 e. The molecule has 0 atom stereocenters. The van der Waals surface area contributed by atoms with Crippen molar-refractivity contribution in [2.24, 2.45) is 0 Å². The molecule has 0 unspecified atom stereocenters. The summed E-state index contributed by atoms with van der Waals surface area (Å²) in [5.74, 6) is 0. The van der Waals surface area contributed by atoms with Gasteiger partial charge < -0.3 is 5.11 Å². The highest BCUT2D eigenvalue weighted by Gasteiger charge is 2.43. The molecule has 72 valence electrons. The van der Waals surface area contributed by atoms with Crippen molar-refractivity contribution in [1.29, 1.82) is 0 Å². The standard InChI is InChI=1S/C11H11NOS/c1-7-10-8(11(13)5-6-11)3-2-4-9(10)14-12-7/h2-4,13H,5-6H2,1H3. The van der Waals surface area contributed by atoms with E-state index in [0.717, 1.165) is 29.5 Å². The topological polar surface area (TPSA) is 33.1 Å². The van der Waals surface area contributed by atoms with Crippen LogP contribution in [0.5, 0.6) is 0 Å². The zero-order valence-electron chi connectivity index (χ0n) is 7.95. The van der Waals surface area contributed by atoms with E-state index in [-0.39, 0.29) is 0 Å². The zero-order chi connectivity index (χ0) is 9.76. The van der Waals surface area contributed by atoms with Gasteiger partial charge in [0.15, 0.2) is 0 Å². The molecule has 3 heteroatoms. The number of rotatable bonds is 1. The molecule has 0 aliphatic heterocycles. The number of benzene rings is 1. The Bertz CT molecular complexity index is 499. The monoisotopic (exact) mass is 205 g/mol. The number of aliphatic hydroxyl groups is 1. The van der Waals surface area contributed by atoms with E-state index in [1.54, 1.807) is 0 Å². The Morgan fingerprint density at radius 2 is 2.21 bits per heavy atom. The average Bonchev–Trinajstić information content (AvgIpc) is 2.83. The Morgan fingerprint density at radius 3 is 2.93 bits per heavy atom. The van der Waals surface area contributed by atoms with Crippen LogP contribution in [0.25, 0.3) is 10.1 Å². The smallest absolute Gasteiger partial charge is 0.0905 e. The van der Waals surface area contributed by atoms with Crippen molar-refractivity contribution >= 4 is 21.6 Å². The first-order chi connectivity index (χ1) is 6.71. The van der Waals surface area contributed by atoms with Crippen molar-refractivity contribution in [3.05, 3.63) is 29.5 Å². The molecule has 1 aromatic carbocycles. The summed E-state index contributed by atoms with van der Waals surface area (Å²) in [5.41, 5.74) is 1.56. The molecule has 2 aromatic rings. The Hall–Kier alpha value is -0.930. The first-order valence-electron chi connectivity index (χ1n) is 4.79. The summed E-state index contributed by atoms with van der Waals surface area (Å²) in [5, 5.41) is 11.3. The Morgan fingerprint density at radius 1 is 1.43 bits per heavy atom. The van der Waals surface area contributed by atoms with E-state index in [1.807, 2.05) is 19.1 Å². The summed E-state index contributed by atoms with van der Waals surface area (Å²) in [6.45, 7) is 2.01. The van der Waals surface area contributed by atoms with Gasteiger partial charge in [-0.25, -0.2) is 0 Å². The third-order valence-electron chi connectivity index (χ3n) is 2.89. The summed E-state index contributed by atoms with van der Waals surface area (Å²) in [7, 11) is 0. The molecule has 3 rings (SSSR count). The largest absolute Gasteiger partial charge is 0.385 e. The van der Waals surface area contributed by atoms with Gasteiger partial charge in [0.2, 0.25) is 0 Å². The zero-order valence-corrected chi connectivity index (χ0v) is 8.77. The van der Waals surface area contributed by atoms with E-state index in [0.29, 0.717) is 0 Å². The molecule has 1 aromatic heterocycles.